The largest absolute Gasteiger partial charge is 0.489 e. The molecule has 1 aromatic rings. The second-order valence-corrected chi connectivity index (χ2v) is 6.63. The van der Waals surface area contributed by atoms with Crippen LogP contribution >= 0.6 is 23.2 Å². The van der Waals surface area contributed by atoms with Gasteiger partial charge in [0.2, 0.25) is 0 Å². The van der Waals surface area contributed by atoms with Crippen molar-refractivity contribution in [3.63, 3.8) is 0 Å². The predicted molar refractivity (Wildman–Crippen MR) is 90.6 cm³/mol. The van der Waals surface area contributed by atoms with E-state index >= 15 is 0 Å². The lowest BCUT2D eigenvalue weighted by atomic mass is 10.1. The Morgan fingerprint density at radius 1 is 1.14 bits per heavy atom. The first-order valence-corrected chi connectivity index (χ1v) is 8.81. The van der Waals surface area contributed by atoms with Gasteiger partial charge in [-0.2, -0.15) is 0 Å². The molecule has 1 aromatic carbocycles. The Labute approximate surface area is 138 Å². The molecule has 0 aromatic heterocycles. The molecule has 1 saturated carbocycles. The molecule has 118 valence electrons. The quantitative estimate of drug-likeness (QED) is 0.542. The molecule has 0 spiro atoms. The zero-order valence-electron chi connectivity index (χ0n) is 12.8. The molecule has 0 bridgehead atoms. The van der Waals surface area contributed by atoms with Crippen molar-refractivity contribution in [3.8, 4) is 5.75 Å². The summed E-state index contributed by atoms with van der Waals surface area (Å²) in [7, 11) is 0. The van der Waals surface area contributed by atoms with Crippen molar-refractivity contribution >= 4 is 23.2 Å². The first-order valence-electron chi connectivity index (χ1n) is 8.06. The van der Waals surface area contributed by atoms with Gasteiger partial charge in [0, 0.05) is 17.1 Å². The van der Waals surface area contributed by atoms with Gasteiger partial charge < -0.3 is 10.1 Å². The molecule has 0 unspecified atom stereocenters. The van der Waals surface area contributed by atoms with Crippen molar-refractivity contribution in [2.45, 2.75) is 64.5 Å². The molecule has 0 amide bonds. The summed E-state index contributed by atoms with van der Waals surface area (Å²) in [4.78, 5) is 0. The van der Waals surface area contributed by atoms with Crippen LogP contribution in [0.5, 0.6) is 5.75 Å². The van der Waals surface area contributed by atoms with Gasteiger partial charge in [0.15, 0.2) is 0 Å². The van der Waals surface area contributed by atoms with Crippen molar-refractivity contribution in [2.75, 3.05) is 6.54 Å². The molecular weight excluding hydrogens is 305 g/mol. The Balaban J connectivity index is 2.11. The summed E-state index contributed by atoms with van der Waals surface area (Å²) in [6, 6.07) is 3.74. The summed E-state index contributed by atoms with van der Waals surface area (Å²) in [5.74, 6) is 0.816. The Morgan fingerprint density at radius 3 is 2.52 bits per heavy atom. The highest BCUT2D eigenvalue weighted by Gasteiger charge is 2.18. The maximum atomic E-state index is 6.37. The van der Waals surface area contributed by atoms with Gasteiger partial charge in [-0.25, -0.2) is 0 Å². The van der Waals surface area contributed by atoms with E-state index in [0.29, 0.717) is 10.0 Å². The molecule has 0 aliphatic heterocycles. The van der Waals surface area contributed by atoms with Gasteiger partial charge in [-0.15, -0.1) is 0 Å². The van der Waals surface area contributed by atoms with Crippen molar-refractivity contribution in [1.29, 1.82) is 0 Å². The third-order valence-electron chi connectivity index (χ3n) is 3.91. The second kappa shape index (κ2) is 8.87. The highest BCUT2D eigenvalue weighted by molar-refractivity contribution is 6.35. The lowest BCUT2D eigenvalue weighted by Crippen LogP contribution is -2.19. The monoisotopic (exact) mass is 329 g/mol. The standard InChI is InChI=1S/C17H25Cl2NO/c1-2-9-20-12-13-10-14(18)11-16(19)17(13)21-15-7-5-3-4-6-8-15/h10-11,15,20H,2-9,12H2,1H3. The van der Waals surface area contributed by atoms with Gasteiger partial charge in [0.05, 0.1) is 11.1 Å². The molecule has 0 heterocycles. The first kappa shape index (κ1) is 16.9. The average molecular weight is 330 g/mol. The van der Waals surface area contributed by atoms with Crippen LogP contribution in [0.25, 0.3) is 0 Å². The van der Waals surface area contributed by atoms with E-state index in [1.165, 1.54) is 25.7 Å². The minimum atomic E-state index is 0.288. The Kier molecular flexibility index (Phi) is 7.15. The lowest BCUT2D eigenvalue weighted by Gasteiger charge is -2.21. The fraction of sp³-hybridized carbons (Fsp3) is 0.647. The number of ether oxygens (including phenoxy) is 1. The molecule has 0 saturated heterocycles. The molecule has 1 aliphatic carbocycles. The van der Waals surface area contributed by atoms with E-state index in [4.69, 9.17) is 27.9 Å². The summed E-state index contributed by atoms with van der Waals surface area (Å²) in [5, 5.41) is 4.69. The molecule has 4 heteroatoms. The van der Waals surface area contributed by atoms with E-state index in [-0.39, 0.29) is 6.10 Å². The Hall–Kier alpha value is -0.440. The second-order valence-electron chi connectivity index (χ2n) is 5.78. The van der Waals surface area contributed by atoms with Crippen molar-refractivity contribution in [1.82, 2.24) is 5.32 Å². The maximum absolute atomic E-state index is 6.37. The van der Waals surface area contributed by atoms with Gasteiger partial charge >= 0.3 is 0 Å². The maximum Gasteiger partial charge on any atom is 0.142 e. The van der Waals surface area contributed by atoms with Crippen LogP contribution in [-0.2, 0) is 6.54 Å². The molecule has 0 radical (unpaired) electrons. The fourth-order valence-electron chi connectivity index (χ4n) is 2.80. The molecule has 2 rings (SSSR count). The van der Waals surface area contributed by atoms with E-state index in [0.717, 1.165) is 43.7 Å². The van der Waals surface area contributed by atoms with Crippen LogP contribution in [0.15, 0.2) is 12.1 Å². The van der Waals surface area contributed by atoms with Crippen LogP contribution in [0.1, 0.15) is 57.4 Å². The fourth-order valence-corrected chi connectivity index (χ4v) is 3.38. The number of benzene rings is 1. The Bertz CT molecular complexity index is 443. The minimum absolute atomic E-state index is 0.288. The van der Waals surface area contributed by atoms with E-state index in [9.17, 15) is 0 Å². The zero-order valence-corrected chi connectivity index (χ0v) is 14.3. The number of rotatable bonds is 6. The third kappa shape index (κ3) is 5.36. The molecule has 21 heavy (non-hydrogen) atoms. The third-order valence-corrected chi connectivity index (χ3v) is 4.41. The van der Waals surface area contributed by atoms with Crippen LogP contribution in [0.4, 0.5) is 0 Å². The number of halogens is 2. The van der Waals surface area contributed by atoms with E-state index in [2.05, 4.69) is 12.2 Å². The number of hydrogen-bond acceptors (Lipinski definition) is 2. The van der Waals surface area contributed by atoms with Crippen LogP contribution in [0.2, 0.25) is 10.0 Å². The summed E-state index contributed by atoms with van der Waals surface area (Å²) in [6.45, 7) is 3.88. The lowest BCUT2D eigenvalue weighted by molar-refractivity contribution is 0.182. The SMILES string of the molecule is CCCNCc1cc(Cl)cc(Cl)c1OC1CCCCCC1. The van der Waals surface area contributed by atoms with Gasteiger partial charge in [0.1, 0.15) is 5.75 Å². The molecule has 1 fully saturated rings. The van der Waals surface area contributed by atoms with Gasteiger partial charge in [-0.1, -0.05) is 43.0 Å². The minimum Gasteiger partial charge on any atom is -0.489 e. The van der Waals surface area contributed by atoms with Gasteiger partial charge in [0.25, 0.3) is 0 Å². The normalized spacial score (nSPS) is 16.7. The van der Waals surface area contributed by atoms with Crippen molar-refractivity contribution in [3.05, 3.63) is 27.7 Å². The van der Waals surface area contributed by atoms with Crippen LogP contribution < -0.4 is 10.1 Å². The van der Waals surface area contributed by atoms with Crippen molar-refractivity contribution < 1.29 is 4.74 Å². The number of nitrogens with one attached hydrogen (secondary N) is 1. The predicted octanol–water partition coefficient (Wildman–Crippen LogP) is 5.59. The van der Waals surface area contributed by atoms with Crippen LogP contribution in [0, 0.1) is 0 Å². The summed E-state index contributed by atoms with van der Waals surface area (Å²) < 4.78 is 6.25. The van der Waals surface area contributed by atoms with Crippen molar-refractivity contribution in [2.24, 2.45) is 0 Å². The Morgan fingerprint density at radius 2 is 1.86 bits per heavy atom. The highest BCUT2D eigenvalue weighted by atomic mass is 35.5. The van der Waals surface area contributed by atoms with E-state index in [1.807, 2.05) is 6.07 Å². The summed E-state index contributed by atoms with van der Waals surface area (Å²) >= 11 is 12.5. The smallest absolute Gasteiger partial charge is 0.142 e. The van der Waals surface area contributed by atoms with Gasteiger partial charge in [-0.3, -0.25) is 0 Å². The first-order chi connectivity index (χ1) is 10.2. The number of hydrogen-bond donors (Lipinski definition) is 1. The zero-order chi connectivity index (χ0) is 15.1. The average Bonchev–Trinajstić information content (AvgIpc) is 2.71. The summed E-state index contributed by atoms with van der Waals surface area (Å²) in [5.41, 5.74) is 1.06. The van der Waals surface area contributed by atoms with Crippen LogP contribution in [-0.4, -0.2) is 12.6 Å². The summed E-state index contributed by atoms with van der Waals surface area (Å²) in [6.07, 6.45) is 8.78. The van der Waals surface area contributed by atoms with E-state index in [1.54, 1.807) is 6.07 Å². The topological polar surface area (TPSA) is 21.3 Å². The van der Waals surface area contributed by atoms with Crippen LogP contribution in [0.3, 0.4) is 0 Å². The molecule has 1 N–H and O–H groups in total. The van der Waals surface area contributed by atoms with E-state index < -0.39 is 0 Å². The highest BCUT2D eigenvalue weighted by Crippen LogP contribution is 2.35. The van der Waals surface area contributed by atoms with Gasteiger partial charge in [-0.05, 0) is 50.8 Å². The molecule has 2 nitrogen and oxygen atoms in total. The molecule has 0 atom stereocenters. The molecule has 1 aliphatic rings. The molecular formula is C17H25Cl2NO.